The highest BCUT2D eigenvalue weighted by molar-refractivity contribution is 6.00. The topological polar surface area (TPSA) is 96.1 Å². The Kier molecular flexibility index (Phi) is 4.68. The van der Waals surface area contributed by atoms with Crippen LogP contribution in [0, 0.1) is 0 Å². The Bertz CT molecular complexity index is 602. The number of aromatic hydroxyl groups is 1. The van der Waals surface area contributed by atoms with E-state index in [1.807, 2.05) is 25.7 Å². The van der Waals surface area contributed by atoms with Crippen molar-refractivity contribution < 1.29 is 19.4 Å². The molecule has 2 rings (SSSR count). The van der Waals surface area contributed by atoms with E-state index in [1.165, 1.54) is 6.07 Å². The lowest BCUT2D eigenvalue weighted by Gasteiger charge is -2.37. The Morgan fingerprint density at radius 2 is 1.78 bits per heavy atom. The van der Waals surface area contributed by atoms with Gasteiger partial charge in [0.25, 0.3) is 5.91 Å². The molecule has 0 unspecified atom stereocenters. The van der Waals surface area contributed by atoms with Crippen molar-refractivity contribution in [3.05, 3.63) is 23.8 Å². The molecule has 7 nitrogen and oxygen atoms in total. The molecule has 0 aromatic heterocycles. The smallest absolute Gasteiger partial charge is 0.410 e. The molecule has 0 aliphatic carbocycles. The van der Waals surface area contributed by atoms with E-state index in [9.17, 15) is 14.7 Å². The largest absolute Gasteiger partial charge is 0.506 e. The lowest BCUT2D eigenvalue weighted by molar-refractivity contribution is 0.0240. The van der Waals surface area contributed by atoms with Crippen molar-refractivity contribution in [3.8, 4) is 5.75 Å². The standard InChI is InChI=1S/C16H23N3O4/c1-16(2,3)23-15(22)19-9-7-18(8-10-19)13-11(14(17)21)5-4-6-12(13)20/h4-6,20H,7-10H2,1-3H3,(H2,17,21). The number of para-hydroxylation sites is 1. The summed E-state index contributed by atoms with van der Waals surface area (Å²) < 4.78 is 5.35. The summed E-state index contributed by atoms with van der Waals surface area (Å²) in [6.07, 6.45) is -0.357. The first-order chi connectivity index (χ1) is 10.7. The van der Waals surface area contributed by atoms with Gasteiger partial charge < -0.3 is 25.4 Å². The Hall–Kier alpha value is -2.44. The van der Waals surface area contributed by atoms with Gasteiger partial charge in [0.05, 0.1) is 11.3 Å². The average molecular weight is 321 g/mol. The van der Waals surface area contributed by atoms with Crippen LogP contribution in [0.3, 0.4) is 0 Å². The maximum Gasteiger partial charge on any atom is 0.410 e. The van der Waals surface area contributed by atoms with Crippen LogP contribution in [-0.2, 0) is 4.74 Å². The van der Waals surface area contributed by atoms with Gasteiger partial charge in [-0.25, -0.2) is 4.79 Å². The van der Waals surface area contributed by atoms with E-state index in [2.05, 4.69) is 0 Å². The molecule has 0 atom stereocenters. The average Bonchev–Trinajstić information content (AvgIpc) is 2.45. The molecule has 1 fully saturated rings. The number of hydrogen-bond donors (Lipinski definition) is 2. The molecule has 1 aromatic rings. The number of rotatable bonds is 2. The van der Waals surface area contributed by atoms with Gasteiger partial charge in [0, 0.05) is 26.2 Å². The lowest BCUT2D eigenvalue weighted by Crippen LogP contribution is -2.50. The zero-order valence-electron chi connectivity index (χ0n) is 13.7. The van der Waals surface area contributed by atoms with Crippen LogP contribution in [0.5, 0.6) is 5.75 Å². The number of piperazine rings is 1. The van der Waals surface area contributed by atoms with Crippen molar-refractivity contribution in [3.63, 3.8) is 0 Å². The third kappa shape index (κ3) is 4.06. The Morgan fingerprint density at radius 1 is 1.17 bits per heavy atom. The number of amides is 2. The number of anilines is 1. The molecule has 1 aromatic carbocycles. The fourth-order valence-corrected chi connectivity index (χ4v) is 2.50. The SMILES string of the molecule is CC(C)(C)OC(=O)N1CCN(c2c(O)cccc2C(N)=O)CC1. The van der Waals surface area contributed by atoms with Gasteiger partial charge in [-0.3, -0.25) is 4.79 Å². The summed E-state index contributed by atoms with van der Waals surface area (Å²) >= 11 is 0. The maximum absolute atomic E-state index is 12.1. The number of hydrogen-bond acceptors (Lipinski definition) is 5. The summed E-state index contributed by atoms with van der Waals surface area (Å²) in [4.78, 5) is 27.1. The number of primary amides is 1. The first-order valence-corrected chi connectivity index (χ1v) is 7.53. The highest BCUT2D eigenvalue weighted by atomic mass is 16.6. The van der Waals surface area contributed by atoms with Crippen molar-refractivity contribution in [2.75, 3.05) is 31.1 Å². The van der Waals surface area contributed by atoms with Gasteiger partial charge in [-0.05, 0) is 32.9 Å². The third-order valence-corrected chi connectivity index (χ3v) is 3.53. The number of nitrogens with two attached hydrogens (primary N) is 1. The molecule has 0 radical (unpaired) electrons. The van der Waals surface area contributed by atoms with E-state index < -0.39 is 11.5 Å². The van der Waals surface area contributed by atoms with Crippen LogP contribution in [0.2, 0.25) is 0 Å². The van der Waals surface area contributed by atoms with Crippen LogP contribution in [0.15, 0.2) is 18.2 Å². The molecular formula is C16H23N3O4. The Labute approximate surface area is 135 Å². The summed E-state index contributed by atoms with van der Waals surface area (Å²) in [5, 5.41) is 10.1. The summed E-state index contributed by atoms with van der Waals surface area (Å²) in [6.45, 7) is 7.32. The normalized spacial score (nSPS) is 15.4. The highest BCUT2D eigenvalue weighted by Gasteiger charge is 2.28. The van der Waals surface area contributed by atoms with E-state index in [1.54, 1.807) is 17.0 Å². The van der Waals surface area contributed by atoms with E-state index >= 15 is 0 Å². The summed E-state index contributed by atoms with van der Waals surface area (Å²) in [5.41, 5.74) is 5.53. The number of benzene rings is 1. The van der Waals surface area contributed by atoms with Crippen molar-refractivity contribution in [1.29, 1.82) is 0 Å². The van der Waals surface area contributed by atoms with Gasteiger partial charge in [0.15, 0.2) is 0 Å². The number of ether oxygens (including phenoxy) is 1. The number of phenolic OH excluding ortho intramolecular Hbond substituents is 1. The Morgan fingerprint density at radius 3 is 2.30 bits per heavy atom. The minimum atomic E-state index is -0.592. The molecule has 1 saturated heterocycles. The summed E-state index contributed by atoms with van der Waals surface area (Å²) in [7, 11) is 0. The summed E-state index contributed by atoms with van der Waals surface area (Å²) in [6, 6.07) is 4.68. The first kappa shape index (κ1) is 16.9. The van der Waals surface area contributed by atoms with Gasteiger partial charge in [0.2, 0.25) is 0 Å². The van der Waals surface area contributed by atoms with E-state index in [0.717, 1.165) is 0 Å². The minimum Gasteiger partial charge on any atom is -0.506 e. The molecule has 1 heterocycles. The van der Waals surface area contributed by atoms with Crippen LogP contribution in [0.4, 0.5) is 10.5 Å². The monoisotopic (exact) mass is 321 g/mol. The van der Waals surface area contributed by atoms with E-state index in [4.69, 9.17) is 10.5 Å². The second kappa shape index (κ2) is 6.36. The lowest BCUT2D eigenvalue weighted by atomic mass is 10.1. The predicted octanol–water partition coefficient (Wildman–Crippen LogP) is 1.55. The molecule has 0 bridgehead atoms. The molecule has 126 valence electrons. The summed E-state index contributed by atoms with van der Waals surface area (Å²) in [5.74, 6) is -0.586. The molecule has 1 aliphatic heterocycles. The molecule has 23 heavy (non-hydrogen) atoms. The van der Waals surface area contributed by atoms with Crippen molar-refractivity contribution in [1.82, 2.24) is 4.90 Å². The van der Waals surface area contributed by atoms with Crippen LogP contribution in [0.1, 0.15) is 31.1 Å². The van der Waals surface area contributed by atoms with Crippen LogP contribution >= 0.6 is 0 Å². The van der Waals surface area contributed by atoms with Gasteiger partial charge in [-0.1, -0.05) is 6.07 Å². The second-order valence-corrected chi connectivity index (χ2v) is 6.49. The number of carbonyl (C=O) groups is 2. The zero-order valence-corrected chi connectivity index (χ0v) is 13.7. The third-order valence-electron chi connectivity index (χ3n) is 3.53. The Balaban J connectivity index is 2.08. The number of carbonyl (C=O) groups excluding carboxylic acids is 2. The quantitative estimate of drug-likeness (QED) is 0.861. The second-order valence-electron chi connectivity index (χ2n) is 6.49. The van der Waals surface area contributed by atoms with Crippen LogP contribution in [-0.4, -0.2) is 53.8 Å². The van der Waals surface area contributed by atoms with E-state index in [-0.39, 0.29) is 17.4 Å². The molecular weight excluding hydrogens is 298 g/mol. The predicted molar refractivity (Wildman–Crippen MR) is 86.6 cm³/mol. The fourth-order valence-electron chi connectivity index (χ4n) is 2.50. The minimum absolute atomic E-state index is 0.00650. The molecule has 7 heteroatoms. The van der Waals surface area contributed by atoms with Gasteiger partial charge in [0.1, 0.15) is 11.4 Å². The van der Waals surface area contributed by atoms with Crippen molar-refractivity contribution in [2.45, 2.75) is 26.4 Å². The first-order valence-electron chi connectivity index (χ1n) is 7.53. The zero-order chi connectivity index (χ0) is 17.2. The number of nitrogens with zero attached hydrogens (tertiary/aromatic N) is 2. The van der Waals surface area contributed by atoms with Gasteiger partial charge in [-0.2, -0.15) is 0 Å². The highest BCUT2D eigenvalue weighted by Crippen LogP contribution is 2.31. The molecule has 1 aliphatic rings. The van der Waals surface area contributed by atoms with Gasteiger partial charge >= 0.3 is 6.09 Å². The van der Waals surface area contributed by atoms with E-state index in [0.29, 0.717) is 31.9 Å². The van der Waals surface area contributed by atoms with Crippen LogP contribution in [0.25, 0.3) is 0 Å². The maximum atomic E-state index is 12.1. The molecule has 3 N–H and O–H groups in total. The molecule has 0 saturated carbocycles. The fraction of sp³-hybridized carbons (Fsp3) is 0.500. The van der Waals surface area contributed by atoms with Gasteiger partial charge in [-0.15, -0.1) is 0 Å². The molecule has 0 spiro atoms. The number of phenols is 1. The molecule has 2 amide bonds. The van der Waals surface area contributed by atoms with Crippen molar-refractivity contribution in [2.24, 2.45) is 5.73 Å². The van der Waals surface area contributed by atoms with Crippen molar-refractivity contribution >= 4 is 17.7 Å². The van der Waals surface area contributed by atoms with Crippen LogP contribution < -0.4 is 10.6 Å².